The number of amides is 1. The smallest absolute Gasteiger partial charge is 0.259 e. The van der Waals surface area contributed by atoms with Gasteiger partial charge in [-0.25, -0.2) is 14.4 Å². The predicted molar refractivity (Wildman–Crippen MR) is 65.9 cm³/mol. The molecule has 0 aliphatic heterocycles. The molecule has 0 atom stereocenters. The third-order valence-electron chi connectivity index (χ3n) is 2.56. The lowest BCUT2D eigenvalue weighted by atomic mass is 10.1. The van der Waals surface area contributed by atoms with E-state index in [-0.39, 0.29) is 11.7 Å². The van der Waals surface area contributed by atoms with Crippen LogP contribution in [0.1, 0.15) is 21.7 Å². The molecule has 0 fully saturated rings. The number of carbonyl (C=O) groups is 1. The molecule has 1 amide bonds. The molecular formula is C13H12FN3O. The van der Waals surface area contributed by atoms with E-state index in [1.54, 1.807) is 13.8 Å². The lowest BCUT2D eigenvalue weighted by Crippen LogP contribution is -2.16. The van der Waals surface area contributed by atoms with Crippen molar-refractivity contribution in [1.82, 2.24) is 9.97 Å². The number of hydrogen-bond donors (Lipinski definition) is 1. The van der Waals surface area contributed by atoms with E-state index < -0.39 is 0 Å². The van der Waals surface area contributed by atoms with Gasteiger partial charge < -0.3 is 5.32 Å². The van der Waals surface area contributed by atoms with Gasteiger partial charge in [-0.3, -0.25) is 4.79 Å². The Hall–Kier alpha value is -2.30. The Balaban J connectivity index is 2.25. The first-order chi connectivity index (χ1) is 8.58. The molecule has 2 aromatic rings. The highest BCUT2D eigenvalue weighted by Gasteiger charge is 2.13. The molecule has 0 radical (unpaired) electrons. The molecule has 5 heteroatoms. The van der Waals surface area contributed by atoms with Crippen molar-refractivity contribution in [2.75, 3.05) is 5.32 Å². The number of benzene rings is 1. The van der Waals surface area contributed by atoms with Crippen molar-refractivity contribution in [2.24, 2.45) is 0 Å². The summed E-state index contributed by atoms with van der Waals surface area (Å²) < 4.78 is 12.7. The normalized spacial score (nSPS) is 10.2. The maximum absolute atomic E-state index is 12.7. The summed E-state index contributed by atoms with van der Waals surface area (Å²) in [5, 5.41) is 2.68. The summed E-state index contributed by atoms with van der Waals surface area (Å²) >= 11 is 0. The summed E-state index contributed by atoms with van der Waals surface area (Å²) in [6.07, 6.45) is 1.42. The summed E-state index contributed by atoms with van der Waals surface area (Å²) in [6, 6.07) is 5.58. The van der Waals surface area contributed by atoms with Crippen molar-refractivity contribution in [3.63, 3.8) is 0 Å². The van der Waals surface area contributed by atoms with Gasteiger partial charge in [0.15, 0.2) is 0 Å². The second kappa shape index (κ2) is 4.91. The molecule has 0 saturated carbocycles. The molecule has 0 bridgehead atoms. The fourth-order valence-electron chi connectivity index (χ4n) is 1.65. The van der Waals surface area contributed by atoms with E-state index in [1.165, 1.54) is 30.6 Å². The second-order valence-electron chi connectivity index (χ2n) is 3.88. The minimum Gasteiger partial charge on any atom is -0.322 e. The Morgan fingerprint density at radius 1 is 1.11 bits per heavy atom. The van der Waals surface area contributed by atoms with E-state index in [0.29, 0.717) is 22.6 Å². The van der Waals surface area contributed by atoms with Crippen LogP contribution in [-0.4, -0.2) is 15.9 Å². The van der Waals surface area contributed by atoms with E-state index in [9.17, 15) is 9.18 Å². The van der Waals surface area contributed by atoms with Crippen LogP contribution >= 0.6 is 0 Å². The molecule has 92 valence electrons. The number of aryl methyl sites for hydroxylation is 2. The zero-order valence-electron chi connectivity index (χ0n) is 10.1. The molecule has 1 heterocycles. The molecule has 0 aliphatic rings. The molecule has 2 rings (SSSR count). The predicted octanol–water partition coefficient (Wildman–Crippen LogP) is 2.48. The molecule has 0 saturated heterocycles. The van der Waals surface area contributed by atoms with Gasteiger partial charge in [-0.2, -0.15) is 0 Å². The Morgan fingerprint density at radius 2 is 1.67 bits per heavy atom. The number of hydrogen-bond acceptors (Lipinski definition) is 3. The summed E-state index contributed by atoms with van der Waals surface area (Å²) in [4.78, 5) is 20.0. The first-order valence-electron chi connectivity index (χ1n) is 5.43. The summed E-state index contributed by atoms with van der Waals surface area (Å²) in [7, 11) is 0. The van der Waals surface area contributed by atoms with E-state index in [0.717, 1.165) is 0 Å². The van der Waals surface area contributed by atoms with Gasteiger partial charge in [-0.1, -0.05) is 0 Å². The number of rotatable bonds is 2. The average molecular weight is 245 g/mol. The SMILES string of the molecule is Cc1ncnc(C)c1C(=O)Nc1ccc(F)cc1. The van der Waals surface area contributed by atoms with Crippen LogP contribution in [0.2, 0.25) is 0 Å². The van der Waals surface area contributed by atoms with E-state index in [2.05, 4.69) is 15.3 Å². The maximum atomic E-state index is 12.7. The quantitative estimate of drug-likeness (QED) is 0.884. The standard InChI is InChI=1S/C13H12FN3O/c1-8-12(9(2)16-7-15-8)13(18)17-11-5-3-10(14)4-6-11/h3-7H,1-2H3,(H,17,18). The lowest BCUT2D eigenvalue weighted by molar-refractivity contribution is 0.102. The van der Waals surface area contributed by atoms with Crippen molar-refractivity contribution < 1.29 is 9.18 Å². The minimum absolute atomic E-state index is 0.294. The number of nitrogens with zero attached hydrogens (tertiary/aromatic N) is 2. The Labute approximate surface area is 104 Å². The van der Waals surface area contributed by atoms with E-state index >= 15 is 0 Å². The van der Waals surface area contributed by atoms with Gasteiger partial charge in [0, 0.05) is 5.69 Å². The molecule has 18 heavy (non-hydrogen) atoms. The van der Waals surface area contributed by atoms with Gasteiger partial charge in [0.25, 0.3) is 5.91 Å². The minimum atomic E-state index is -0.344. The van der Waals surface area contributed by atoms with Crippen molar-refractivity contribution >= 4 is 11.6 Å². The number of halogens is 1. The van der Waals surface area contributed by atoms with E-state index in [4.69, 9.17) is 0 Å². The van der Waals surface area contributed by atoms with Gasteiger partial charge in [-0.15, -0.1) is 0 Å². The highest BCUT2D eigenvalue weighted by molar-refractivity contribution is 6.05. The van der Waals surface area contributed by atoms with Crippen LogP contribution < -0.4 is 5.32 Å². The fraction of sp³-hybridized carbons (Fsp3) is 0.154. The Kier molecular flexibility index (Phi) is 3.32. The molecule has 0 spiro atoms. The van der Waals surface area contributed by atoms with Crippen LogP contribution in [0.15, 0.2) is 30.6 Å². The monoisotopic (exact) mass is 245 g/mol. The zero-order chi connectivity index (χ0) is 13.1. The number of nitrogens with one attached hydrogen (secondary N) is 1. The van der Waals surface area contributed by atoms with Gasteiger partial charge in [-0.05, 0) is 38.1 Å². The zero-order valence-corrected chi connectivity index (χ0v) is 10.1. The van der Waals surface area contributed by atoms with Crippen molar-refractivity contribution in [2.45, 2.75) is 13.8 Å². The first kappa shape index (κ1) is 12.2. The molecule has 1 aromatic heterocycles. The largest absolute Gasteiger partial charge is 0.322 e. The number of aromatic nitrogens is 2. The van der Waals surface area contributed by atoms with Crippen LogP contribution in [0.5, 0.6) is 0 Å². The molecule has 1 aromatic carbocycles. The molecular weight excluding hydrogens is 233 g/mol. The average Bonchev–Trinajstić information content (AvgIpc) is 2.32. The van der Waals surface area contributed by atoms with Crippen molar-refractivity contribution in [3.8, 4) is 0 Å². The summed E-state index contributed by atoms with van der Waals surface area (Å²) in [5.74, 6) is -0.638. The van der Waals surface area contributed by atoms with Crippen LogP contribution in [0, 0.1) is 19.7 Å². The van der Waals surface area contributed by atoms with Gasteiger partial charge in [0.05, 0.1) is 17.0 Å². The molecule has 0 aliphatic carbocycles. The topological polar surface area (TPSA) is 54.9 Å². The maximum Gasteiger partial charge on any atom is 0.259 e. The van der Waals surface area contributed by atoms with E-state index in [1.807, 2.05) is 0 Å². The third-order valence-corrected chi connectivity index (χ3v) is 2.56. The molecule has 4 nitrogen and oxygen atoms in total. The van der Waals surface area contributed by atoms with Gasteiger partial charge in [0.1, 0.15) is 12.1 Å². The van der Waals surface area contributed by atoms with Crippen LogP contribution in [0.4, 0.5) is 10.1 Å². The summed E-state index contributed by atoms with van der Waals surface area (Å²) in [5.41, 5.74) is 2.20. The molecule has 0 unspecified atom stereocenters. The Morgan fingerprint density at radius 3 is 2.22 bits per heavy atom. The molecule has 1 N–H and O–H groups in total. The van der Waals surface area contributed by atoms with Crippen molar-refractivity contribution in [1.29, 1.82) is 0 Å². The van der Waals surface area contributed by atoms with Crippen LogP contribution in [0.25, 0.3) is 0 Å². The Bertz CT molecular complexity index is 561. The highest BCUT2D eigenvalue weighted by Crippen LogP contribution is 2.13. The van der Waals surface area contributed by atoms with Crippen LogP contribution in [0.3, 0.4) is 0 Å². The second-order valence-corrected chi connectivity index (χ2v) is 3.88. The number of anilines is 1. The highest BCUT2D eigenvalue weighted by atomic mass is 19.1. The first-order valence-corrected chi connectivity index (χ1v) is 5.43. The fourth-order valence-corrected chi connectivity index (χ4v) is 1.65. The lowest BCUT2D eigenvalue weighted by Gasteiger charge is -2.08. The summed E-state index contributed by atoms with van der Waals surface area (Å²) in [6.45, 7) is 3.49. The van der Waals surface area contributed by atoms with Crippen molar-refractivity contribution in [3.05, 3.63) is 53.4 Å². The third kappa shape index (κ3) is 2.51. The van der Waals surface area contributed by atoms with Crippen LogP contribution in [-0.2, 0) is 0 Å². The van der Waals surface area contributed by atoms with Gasteiger partial charge in [0.2, 0.25) is 0 Å². The number of carbonyl (C=O) groups excluding carboxylic acids is 1. The van der Waals surface area contributed by atoms with Gasteiger partial charge >= 0.3 is 0 Å².